The maximum Gasteiger partial charge on any atom is 0.154 e. The molecule has 1 fully saturated rings. The molecule has 0 aliphatic carbocycles. The van der Waals surface area contributed by atoms with Crippen molar-refractivity contribution >= 4 is 21.4 Å². The molecule has 0 spiro atoms. The summed E-state index contributed by atoms with van der Waals surface area (Å²) < 4.78 is 28.3. The van der Waals surface area contributed by atoms with Crippen LogP contribution >= 0.6 is 11.6 Å². The van der Waals surface area contributed by atoms with Gasteiger partial charge in [0.05, 0.1) is 16.5 Å². The summed E-state index contributed by atoms with van der Waals surface area (Å²) in [6.07, 6.45) is 0.197. The first-order valence-corrected chi connectivity index (χ1v) is 7.56. The molecule has 4 nitrogen and oxygen atoms in total. The number of hydrogen-bond acceptors (Lipinski definition) is 4. The van der Waals surface area contributed by atoms with E-state index in [2.05, 4.69) is 0 Å². The lowest BCUT2D eigenvalue weighted by Crippen LogP contribution is -2.19. The summed E-state index contributed by atoms with van der Waals surface area (Å²) in [5.41, 5.74) is 6.38. The molecule has 6 heteroatoms. The van der Waals surface area contributed by atoms with E-state index in [1.54, 1.807) is 12.1 Å². The molecular formula is C11H14ClNO3S. The highest BCUT2D eigenvalue weighted by Crippen LogP contribution is 2.31. The second-order valence-corrected chi connectivity index (χ2v) is 6.71. The van der Waals surface area contributed by atoms with Gasteiger partial charge in [-0.05, 0) is 12.5 Å². The zero-order chi connectivity index (χ0) is 12.5. The number of rotatable bonds is 3. The molecule has 1 aliphatic rings. The van der Waals surface area contributed by atoms with Gasteiger partial charge in [0.1, 0.15) is 11.9 Å². The molecule has 1 aromatic rings. The van der Waals surface area contributed by atoms with Crippen molar-refractivity contribution < 1.29 is 13.2 Å². The van der Waals surface area contributed by atoms with Gasteiger partial charge in [0.15, 0.2) is 9.84 Å². The third kappa shape index (κ3) is 2.91. The molecule has 0 amide bonds. The number of para-hydroxylation sites is 1. The minimum atomic E-state index is -2.95. The molecule has 2 rings (SSSR count). The number of sulfone groups is 1. The van der Waals surface area contributed by atoms with Crippen molar-refractivity contribution in [3.05, 3.63) is 28.8 Å². The number of ether oxygens (including phenoxy) is 1. The topological polar surface area (TPSA) is 69.4 Å². The van der Waals surface area contributed by atoms with Crippen molar-refractivity contribution in [1.29, 1.82) is 0 Å². The Hall–Kier alpha value is -0.780. The fourth-order valence-corrected chi connectivity index (χ4v) is 3.70. The summed E-state index contributed by atoms with van der Waals surface area (Å²) in [5, 5.41) is 0.470. The van der Waals surface area contributed by atoms with Crippen LogP contribution < -0.4 is 10.5 Å². The normalized spacial score (nSPS) is 22.6. The fourth-order valence-electron chi connectivity index (χ4n) is 1.87. The van der Waals surface area contributed by atoms with Gasteiger partial charge in [0.2, 0.25) is 0 Å². The van der Waals surface area contributed by atoms with Crippen molar-refractivity contribution in [2.75, 3.05) is 11.5 Å². The van der Waals surface area contributed by atoms with Gasteiger partial charge < -0.3 is 10.5 Å². The zero-order valence-electron chi connectivity index (χ0n) is 9.23. The largest absolute Gasteiger partial charge is 0.487 e. The molecule has 0 aromatic heterocycles. The van der Waals surface area contributed by atoms with Gasteiger partial charge in [-0.15, -0.1) is 0 Å². The number of halogens is 1. The van der Waals surface area contributed by atoms with Gasteiger partial charge in [-0.2, -0.15) is 0 Å². The number of nitrogens with two attached hydrogens (primary N) is 1. The van der Waals surface area contributed by atoms with Gasteiger partial charge in [-0.1, -0.05) is 23.7 Å². The van der Waals surface area contributed by atoms with Crippen LogP contribution in [0, 0.1) is 0 Å². The van der Waals surface area contributed by atoms with Crippen LogP contribution in [0.25, 0.3) is 0 Å². The van der Waals surface area contributed by atoms with E-state index in [-0.39, 0.29) is 17.6 Å². The highest BCUT2D eigenvalue weighted by atomic mass is 35.5. The number of benzene rings is 1. The molecular weight excluding hydrogens is 262 g/mol. The van der Waals surface area contributed by atoms with E-state index in [1.165, 1.54) is 0 Å². The third-order valence-electron chi connectivity index (χ3n) is 2.74. The molecule has 94 valence electrons. The van der Waals surface area contributed by atoms with E-state index in [1.807, 2.05) is 6.07 Å². The van der Waals surface area contributed by atoms with E-state index in [0.29, 0.717) is 23.7 Å². The van der Waals surface area contributed by atoms with Crippen LogP contribution in [-0.2, 0) is 16.4 Å². The summed E-state index contributed by atoms with van der Waals surface area (Å²) in [7, 11) is -2.95. The predicted octanol–water partition coefficient (Wildman–Crippen LogP) is 1.36. The minimum Gasteiger partial charge on any atom is -0.487 e. The van der Waals surface area contributed by atoms with Gasteiger partial charge in [0, 0.05) is 12.1 Å². The van der Waals surface area contributed by atoms with E-state index >= 15 is 0 Å². The van der Waals surface area contributed by atoms with Crippen LogP contribution in [0.1, 0.15) is 12.0 Å². The molecule has 17 heavy (non-hydrogen) atoms. The van der Waals surface area contributed by atoms with Gasteiger partial charge in [0.25, 0.3) is 0 Å². The van der Waals surface area contributed by atoms with Crippen LogP contribution in [0.3, 0.4) is 0 Å². The standard InChI is InChI=1S/C11H14ClNO3S/c12-10-3-1-2-8(6-13)11(10)16-9-4-5-17(14,15)7-9/h1-3,9H,4-7,13H2. The summed E-state index contributed by atoms with van der Waals surface area (Å²) in [5.74, 6) is 0.751. The first-order chi connectivity index (χ1) is 8.02. The molecule has 1 atom stereocenters. The Morgan fingerprint density at radius 1 is 1.47 bits per heavy atom. The van der Waals surface area contributed by atoms with Crippen LogP contribution in [0.15, 0.2) is 18.2 Å². The van der Waals surface area contributed by atoms with Crippen molar-refractivity contribution in [1.82, 2.24) is 0 Å². The second kappa shape index (κ2) is 4.84. The highest BCUT2D eigenvalue weighted by Gasteiger charge is 2.30. The lowest BCUT2D eigenvalue weighted by Gasteiger charge is -2.16. The maximum absolute atomic E-state index is 11.3. The van der Waals surface area contributed by atoms with Crippen LogP contribution in [0.2, 0.25) is 5.02 Å². The van der Waals surface area contributed by atoms with E-state index in [4.69, 9.17) is 22.1 Å². The second-order valence-electron chi connectivity index (χ2n) is 4.08. The Balaban J connectivity index is 2.19. The molecule has 1 unspecified atom stereocenters. The average molecular weight is 276 g/mol. The minimum absolute atomic E-state index is 0.0578. The molecule has 1 aromatic carbocycles. The summed E-state index contributed by atoms with van der Waals surface area (Å²) in [4.78, 5) is 0. The van der Waals surface area contributed by atoms with Crippen molar-refractivity contribution in [3.63, 3.8) is 0 Å². The van der Waals surface area contributed by atoms with E-state index in [9.17, 15) is 8.42 Å². The number of hydrogen-bond donors (Lipinski definition) is 1. The average Bonchev–Trinajstić information content (AvgIpc) is 2.61. The lowest BCUT2D eigenvalue weighted by molar-refractivity contribution is 0.227. The molecule has 0 saturated carbocycles. The van der Waals surface area contributed by atoms with Gasteiger partial charge in [-0.25, -0.2) is 8.42 Å². The Bertz CT molecular complexity index is 515. The fraction of sp³-hybridized carbons (Fsp3) is 0.455. The van der Waals surface area contributed by atoms with Crippen molar-refractivity contribution in [2.24, 2.45) is 5.73 Å². The molecule has 0 bridgehead atoms. The summed E-state index contributed by atoms with van der Waals surface area (Å²) in [6.45, 7) is 0.315. The molecule has 1 aliphatic heterocycles. The monoisotopic (exact) mass is 275 g/mol. The van der Waals surface area contributed by atoms with E-state index < -0.39 is 9.84 Å². The Labute approximate surface area is 106 Å². The van der Waals surface area contributed by atoms with Crippen LogP contribution in [-0.4, -0.2) is 26.0 Å². The molecule has 1 saturated heterocycles. The van der Waals surface area contributed by atoms with Crippen molar-refractivity contribution in [3.8, 4) is 5.75 Å². The van der Waals surface area contributed by atoms with Gasteiger partial charge >= 0.3 is 0 Å². The quantitative estimate of drug-likeness (QED) is 0.904. The van der Waals surface area contributed by atoms with Crippen LogP contribution in [0.5, 0.6) is 5.75 Å². The SMILES string of the molecule is NCc1cccc(Cl)c1OC1CCS(=O)(=O)C1. The lowest BCUT2D eigenvalue weighted by atomic mass is 10.2. The van der Waals surface area contributed by atoms with Crippen LogP contribution in [0.4, 0.5) is 0 Å². The summed E-state index contributed by atoms with van der Waals surface area (Å²) in [6, 6.07) is 5.33. The first-order valence-electron chi connectivity index (χ1n) is 5.36. The molecule has 0 radical (unpaired) electrons. The smallest absolute Gasteiger partial charge is 0.154 e. The van der Waals surface area contributed by atoms with Crippen molar-refractivity contribution in [2.45, 2.75) is 19.1 Å². The maximum atomic E-state index is 11.3. The summed E-state index contributed by atoms with van der Waals surface area (Å²) >= 11 is 6.03. The predicted molar refractivity (Wildman–Crippen MR) is 67.0 cm³/mol. The zero-order valence-corrected chi connectivity index (χ0v) is 10.8. The Morgan fingerprint density at radius 3 is 2.82 bits per heavy atom. The molecule has 1 heterocycles. The third-order valence-corrected chi connectivity index (χ3v) is 4.78. The first kappa shape index (κ1) is 12.7. The Kier molecular flexibility index (Phi) is 3.61. The highest BCUT2D eigenvalue weighted by molar-refractivity contribution is 7.91. The van der Waals surface area contributed by atoms with Gasteiger partial charge in [-0.3, -0.25) is 0 Å². The molecule has 2 N–H and O–H groups in total. The van der Waals surface area contributed by atoms with E-state index in [0.717, 1.165) is 5.56 Å². The Morgan fingerprint density at radius 2 is 2.24 bits per heavy atom.